The number of hydrogen-bond donors (Lipinski definition) is 2. The minimum Gasteiger partial charge on any atom is -0.365 e. The summed E-state index contributed by atoms with van der Waals surface area (Å²) < 4.78 is 2.45. The van der Waals surface area contributed by atoms with Crippen molar-refractivity contribution >= 4 is 28.9 Å². The lowest BCUT2D eigenvalue weighted by molar-refractivity contribution is 0.578. The Labute approximate surface area is 151 Å². The molecule has 130 valence electrons. The van der Waals surface area contributed by atoms with E-state index in [0.717, 1.165) is 47.7 Å². The molecule has 1 unspecified atom stereocenters. The number of fused-ring (bicyclic) bond motifs is 1. The van der Waals surface area contributed by atoms with Crippen LogP contribution < -0.4 is 5.32 Å². The average Bonchev–Trinajstić information content (AvgIpc) is 3.29. The number of rotatable bonds is 6. The second-order valence-electron chi connectivity index (χ2n) is 6.22. The number of aromatic nitrogens is 4. The standard InChI is InChI=1S/C18H22N6S/c1-2-10-25-24-9-6-13(12-24)22-17-14(4-3-7-19-17)16-11-21-18-15(23-16)5-8-20-18/h3-5,7-8,11,13H,2,6,9-10,12H2,1H3,(H,19,22)(H,20,21). The van der Waals surface area contributed by atoms with E-state index in [4.69, 9.17) is 4.98 Å². The van der Waals surface area contributed by atoms with Crippen LogP contribution in [0.4, 0.5) is 5.82 Å². The van der Waals surface area contributed by atoms with Crippen LogP contribution in [0.1, 0.15) is 19.8 Å². The minimum atomic E-state index is 0.418. The molecule has 25 heavy (non-hydrogen) atoms. The minimum absolute atomic E-state index is 0.418. The van der Waals surface area contributed by atoms with Gasteiger partial charge in [0.15, 0.2) is 5.65 Å². The fourth-order valence-electron chi connectivity index (χ4n) is 3.06. The molecular weight excluding hydrogens is 332 g/mol. The van der Waals surface area contributed by atoms with Crippen molar-refractivity contribution in [1.82, 2.24) is 24.2 Å². The number of hydrogen-bond acceptors (Lipinski definition) is 6. The second kappa shape index (κ2) is 7.41. The van der Waals surface area contributed by atoms with Crippen molar-refractivity contribution in [2.45, 2.75) is 25.8 Å². The summed E-state index contributed by atoms with van der Waals surface area (Å²) in [4.78, 5) is 16.8. The lowest BCUT2D eigenvalue weighted by Crippen LogP contribution is -2.23. The lowest BCUT2D eigenvalue weighted by Gasteiger charge is -2.17. The molecule has 1 saturated heterocycles. The van der Waals surface area contributed by atoms with Crippen LogP contribution in [-0.4, -0.2) is 49.1 Å². The van der Waals surface area contributed by atoms with Gasteiger partial charge >= 0.3 is 0 Å². The van der Waals surface area contributed by atoms with Gasteiger partial charge in [-0.05, 0) is 31.0 Å². The Kier molecular flexibility index (Phi) is 4.85. The van der Waals surface area contributed by atoms with Gasteiger partial charge in [0.2, 0.25) is 0 Å². The van der Waals surface area contributed by atoms with Crippen molar-refractivity contribution in [2.24, 2.45) is 0 Å². The van der Waals surface area contributed by atoms with E-state index < -0.39 is 0 Å². The van der Waals surface area contributed by atoms with Crippen LogP contribution in [0.2, 0.25) is 0 Å². The summed E-state index contributed by atoms with van der Waals surface area (Å²) in [6.07, 6.45) is 7.84. The summed E-state index contributed by atoms with van der Waals surface area (Å²) in [7, 11) is 0. The van der Waals surface area contributed by atoms with E-state index in [-0.39, 0.29) is 0 Å². The van der Waals surface area contributed by atoms with Gasteiger partial charge in [-0.15, -0.1) is 0 Å². The molecule has 3 aromatic rings. The van der Waals surface area contributed by atoms with E-state index in [1.54, 1.807) is 6.20 Å². The third kappa shape index (κ3) is 3.62. The first-order valence-electron chi connectivity index (χ1n) is 8.73. The van der Waals surface area contributed by atoms with Gasteiger partial charge in [0, 0.05) is 42.8 Å². The predicted octanol–water partition coefficient (Wildman–Crippen LogP) is 3.56. The van der Waals surface area contributed by atoms with Gasteiger partial charge in [-0.25, -0.2) is 19.3 Å². The Morgan fingerprint density at radius 2 is 2.32 bits per heavy atom. The molecule has 0 radical (unpaired) electrons. The van der Waals surface area contributed by atoms with Crippen LogP contribution in [0.25, 0.3) is 22.4 Å². The molecular formula is C18H22N6S. The SMILES string of the molecule is CCCSN1CCC(Nc2ncccc2-c2cnc3[nH]ccc3n2)C1. The van der Waals surface area contributed by atoms with Crippen molar-refractivity contribution in [3.63, 3.8) is 0 Å². The first-order valence-corrected chi connectivity index (χ1v) is 9.67. The zero-order valence-corrected chi connectivity index (χ0v) is 15.1. The molecule has 1 fully saturated rings. The largest absolute Gasteiger partial charge is 0.365 e. The molecule has 0 saturated carbocycles. The second-order valence-corrected chi connectivity index (χ2v) is 7.40. The van der Waals surface area contributed by atoms with Crippen molar-refractivity contribution in [2.75, 3.05) is 24.2 Å². The molecule has 6 nitrogen and oxygen atoms in total. The summed E-state index contributed by atoms with van der Waals surface area (Å²) in [5.74, 6) is 2.08. The third-order valence-electron chi connectivity index (χ3n) is 4.31. The fourth-order valence-corrected chi connectivity index (χ4v) is 4.02. The van der Waals surface area contributed by atoms with Gasteiger partial charge < -0.3 is 10.3 Å². The molecule has 4 heterocycles. The van der Waals surface area contributed by atoms with Gasteiger partial charge in [-0.2, -0.15) is 0 Å². The molecule has 7 heteroatoms. The van der Waals surface area contributed by atoms with E-state index in [2.05, 4.69) is 37.6 Å². The Morgan fingerprint density at radius 1 is 1.36 bits per heavy atom. The van der Waals surface area contributed by atoms with Crippen molar-refractivity contribution in [3.05, 3.63) is 36.8 Å². The lowest BCUT2D eigenvalue weighted by atomic mass is 10.1. The Balaban J connectivity index is 1.53. The fraction of sp³-hybridized carbons (Fsp3) is 0.389. The summed E-state index contributed by atoms with van der Waals surface area (Å²) in [5, 5.41) is 3.61. The number of nitrogens with one attached hydrogen (secondary N) is 2. The highest BCUT2D eigenvalue weighted by Crippen LogP contribution is 2.28. The normalized spacial score (nSPS) is 18.0. The molecule has 2 N–H and O–H groups in total. The maximum atomic E-state index is 4.71. The number of nitrogens with zero attached hydrogens (tertiary/aromatic N) is 4. The van der Waals surface area contributed by atoms with Crippen molar-refractivity contribution in [1.29, 1.82) is 0 Å². The monoisotopic (exact) mass is 354 g/mol. The van der Waals surface area contributed by atoms with Gasteiger partial charge in [-0.3, -0.25) is 0 Å². The molecule has 1 aliphatic heterocycles. The summed E-state index contributed by atoms with van der Waals surface area (Å²) in [5.41, 5.74) is 3.52. The van der Waals surface area contributed by atoms with Gasteiger partial charge in [0.1, 0.15) is 11.3 Å². The number of H-pyrrole nitrogens is 1. The molecule has 1 aliphatic rings. The molecule has 0 aromatic carbocycles. The molecule has 0 amide bonds. The summed E-state index contributed by atoms with van der Waals surface area (Å²) in [6.45, 7) is 4.39. The number of pyridine rings is 1. The van der Waals surface area contributed by atoms with Crippen molar-refractivity contribution in [3.8, 4) is 11.3 Å². The van der Waals surface area contributed by atoms with E-state index >= 15 is 0 Å². The van der Waals surface area contributed by atoms with Gasteiger partial charge in [-0.1, -0.05) is 18.9 Å². The number of aromatic amines is 1. The summed E-state index contributed by atoms with van der Waals surface area (Å²) >= 11 is 1.95. The zero-order valence-electron chi connectivity index (χ0n) is 14.3. The summed E-state index contributed by atoms with van der Waals surface area (Å²) in [6, 6.07) is 6.36. The van der Waals surface area contributed by atoms with Crippen LogP contribution in [0, 0.1) is 0 Å². The van der Waals surface area contributed by atoms with Crippen LogP contribution in [0.15, 0.2) is 36.8 Å². The first kappa shape index (κ1) is 16.4. The van der Waals surface area contributed by atoms with Gasteiger partial charge in [0.05, 0.1) is 11.9 Å². The average molecular weight is 354 g/mol. The first-order chi connectivity index (χ1) is 12.3. The molecule has 3 aromatic heterocycles. The Bertz CT molecular complexity index is 848. The smallest absolute Gasteiger partial charge is 0.156 e. The van der Waals surface area contributed by atoms with E-state index in [1.165, 1.54) is 12.2 Å². The van der Waals surface area contributed by atoms with Crippen LogP contribution >= 0.6 is 11.9 Å². The van der Waals surface area contributed by atoms with Crippen LogP contribution in [0.5, 0.6) is 0 Å². The topological polar surface area (TPSA) is 69.7 Å². The molecule has 0 bridgehead atoms. The van der Waals surface area contributed by atoms with E-state index in [9.17, 15) is 0 Å². The molecule has 0 spiro atoms. The predicted molar refractivity (Wildman–Crippen MR) is 103 cm³/mol. The van der Waals surface area contributed by atoms with Crippen LogP contribution in [-0.2, 0) is 0 Å². The highest BCUT2D eigenvalue weighted by molar-refractivity contribution is 7.97. The van der Waals surface area contributed by atoms with Crippen LogP contribution in [0.3, 0.4) is 0 Å². The number of anilines is 1. The van der Waals surface area contributed by atoms with E-state index in [0.29, 0.717) is 6.04 Å². The van der Waals surface area contributed by atoms with E-state index in [1.807, 2.05) is 36.5 Å². The van der Waals surface area contributed by atoms with Crippen molar-refractivity contribution < 1.29 is 0 Å². The van der Waals surface area contributed by atoms with Gasteiger partial charge in [0.25, 0.3) is 0 Å². The third-order valence-corrected chi connectivity index (χ3v) is 5.60. The maximum absolute atomic E-state index is 4.71. The highest BCUT2D eigenvalue weighted by atomic mass is 32.2. The quantitative estimate of drug-likeness (QED) is 0.660. The molecule has 4 rings (SSSR count). The Hall–Kier alpha value is -2.12. The zero-order chi connectivity index (χ0) is 17.1. The molecule has 1 atom stereocenters. The maximum Gasteiger partial charge on any atom is 0.156 e. The molecule has 0 aliphatic carbocycles. The highest BCUT2D eigenvalue weighted by Gasteiger charge is 2.23. The Morgan fingerprint density at radius 3 is 3.24 bits per heavy atom.